The molecule has 0 aliphatic carbocycles. The van der Waals surface area contributed by atoms with Crippen molar-refractivity contribution in [1.29, 1.82) is 0 Å². The molecule has 2 aromatic carbocycles. The van der Waals surface area contributed by atoms with Crippen LogP contribution in [0.5, 0.6) is 0 Å². The highest BCUT2D eigenvalue weighted by Crippen LogP contribution is 2.32. The minimum Gasteiger partial charge on any atom is -0.412 e. The molecule has 0 saturated heterocycles. The summed E-state index contributed by atoms with van der Waals surface area (Å²) in [6.45, 7) is 7.73. The van der Waals surface area contributed by atoms with Gasteiger partial charge in [-0.05, 0) is 36.4 Å². The van der Waals surface area contributed by atoms with Crippen LogP contribution in [0.2, 0.25) is 0 Å². The number of halogens is 2. The Hall–Kier alpha value is -2.20. The molecule has 2 aliphatic heterocycles. The first kappa shape index (κ1) is 29.0. The minimum atomic E-state index is -3.79. The summed E-state index contributed by atoms with van der Waals surface area (Å²) in [6.07, 6.45) is 0. The molecule has 4 N–H and O–H groups in total. The van der Waals surface area contributed by atoms with Gasteiger partial charge < -0.3 is 16.1 Å². The number of amidine groups is 2. The largest absolute Gasteiger partial charge is 0.412 e. The number of benzene rings is 2. The Balaban J connectivity index is 0.000000240. The lowest BCUT2D eigenvalue weighted by molar-refractivity contribution is 0.591. The van der Waals surface area contributed by atoms with Crippen LogP contribution in [0.15, 0.2) is 55.0 Å². The number of fused-ring (bicyclic) bond motifs is 2. The molecule has 35 heavy (non-hydrogen) atoms. The molecular formula is C20H24F2N4O5S4. The Morgan fingerprint density at radius 1 is 0.714 bits per heavy atom. The second kappa shape index (κ2) is 11.2. The third-order valence-corrected chi connectivity index (χ3v) is 8.67. The fourth-order valence-electron chi connectivity index (χ4n) is 2.77. The van der Waals surface area contributed by atoms with E-state index < -0.39 is 31.7 Å². The molecule has 0 saturated carbocycles. The molecule has 192 valence electrons. The lowest BCUT2D eigenvalue weighted by Crippen LogP contribution is -2.20. The van der Waals surface area contributed by atoms with E-state index in [1.54, 1.807) is 0 Å². The first-order valence-corrected chi connectivity index (χ1v) is 14.6. The van der Waals surface area contributed by atoms with Crippen molar-refractivity contribution in [1.82, 2.24) is 0 Å². The van der Waals surface area contributed by atoms with Gasteiger partial charge in [0.1, 0.15) is 21.4 Å². The van der Waals surface area contributed by atoms with Crippen LogP contribution < -0.4 is 10.6 Å². The molecular weight excluding hydrogens is 543 g/mol. The Morgan fingerprint density at radius 2 is 1.06 bits per heavy atom. The Bertz CT molecular complexity index is 1270. The highest BCUT2D eigenvalue weighted by atomic mass is 32.2. The Kier molecular flexibility index (Phi) is 9.33. The summed E-state index contributed by atoms with van der Waals surface area (Å²) in [5.74, 6) is -1.19. The third-order valence-electron chi connectivity index (χ3n) is 4.03. The molecule has 0 atom stereocenters. The maximum absolute atomic E-state index is 13.0. The fourth-order valence-corrected chi connectivity index (χ4v) is 6.97. The minimum absolute atomic E-state index is 0. The maximum Gasteiger partial charge on any atom is 0.286 e. The van der Waals surface area contributed by atoms with E-state index in [1.165, 1.54) is 47.8 Å². The van der Waals surface area contributed by atoms with Crippen LogP contribution in [0.3, 0.4) is 0 Å². The van der Waals surface area contributed by atoms with Crippen LogP contribution in [0.1, 0.15) is 27.7 Å². The molecule has 0 spiro atoms. The second-order valence-corrected chi connectivity index (χ2v) is 13.9. The SMILES string of the molecule is CC(C)SC1=NS(=O)(=O)c2cc(F)ccc2N1.CC(C)SC1=NS(=O)(=O)c2cc(F)ccc2N1.O. The van der Waals surface area contributed by atoms with E-state index >= 15 is 0 Å². The van der Waals surface area contributed by atoms with Crippen molar-refractivity contribution < 1.29 is 31.1 Å². The highest BCUT2D eigenvalue weighted by Gasteiger charge is 2.27. The molecule has 0 radical (unpaired) electrons. The molecule has 4 rings (SSSR count). The zero-order valence-corrected chi connectivity index (χ0v) is 22.3. The van der Waals surface area contributed by atoms with Crippen LogP contribution in [0, 0.1) is 11.6 Å². The van der Waals surface area contributed by atoms with E-state index in [2.05, 4.69) is 19.4 Å². The first-order valence-electron chi connectivity index (χ1n) is 9.93. The monoisotopic (exact) mass is 566 g/mol. The predicted molar refractivity (Wildman–Crippen MR) is 138 cm³/mol. The molecule has 0 bridgehead atoms. The number of anilines is 2. The van der Waals surface area contributed by atoms with Crippen molar-refractivity contribution in [2.24, 2.45) is 8.80 Å². The Morgan fingerprint density at radius 3 is 1.37 bits per heavy atom. The van der Waals surface area contributed by atoms with Crippen LogP contribution in [0.25, 0.3) is 0 Å². The maximum atomic E-state index is 13.0. The van der Waals surface area contributed by atoms with E-state index in [0.717, 1.165) is 12.1 Å². The quantitative estimate of drug-likeness (QED) is 0.553. The number of hydrogen-bond acceptors (Lipinski definition) is 8. The van der Waals surface area contributed by atoms with Gasteiger partial charge in [-0.2, -0.15) is 16.8 Å². The number of sulfonamides is 2. The molecule has 0 unspecified atom stereocenters. The summed E-state index contributed by atoms with van der Waals surface area (Å²) in [5.41, 5.74) is 0.731. The molecule has 2 aliphatic rings. The van der Waals surface area contributed by atoms with Gasteiger partial charge in [-0.15, -0.1) is 8.80 Å². The summed E-state index contributed by atoms with van der Waals surface area (Å²) in [5, 5.41) is 6.81. The molecule has 0 amide bonds. The van der Waals surface area contributed by atoms with Crippen LogP contribution in [-0.2, 0) is 20.0 Å². The molecule has 15 heteroatoms. The van der Waals surface area contributed by atoms with Gasteiger partial charge in [0.25, 0.3) is 20.0 Å². The smallest absolute Gasteiger partial charge is 0.286 e. The summed E-state index contributed by atoms with van der Waals surface area (Å²) >= 11 is 2.62. The van der Waals surface area contributed by atoms with Crippen LogP contribution in [-0.4, -0.2) is 43.1 Å². The van der Waals surface area contributed by atoms with E-state index in [0.29, 0.717) is 21.7 Å². The van der Waals surface area contributed by atoms with Gasteiger partial charge in [0, 0.05) is 10.5 Å². The van der Waals surface area contributed by atoms with Crippen molar-refractivity contribution in [3.63, 3.8) is 0 Å². The lowest BCUT2D eigenvalue weighted by Gasteiger charge is -2.18. The van der Waals surface area contributed by atoms with Crippen LogP contribution in [0.4, 0.5) is 20.2 Å². The number of nitrogens with one attached hydrogen (secondary N) is 2. The number of hydrogen-bond donors (Lipinski definition) is 2. The normalized spacial score (nSPS) is 16.8. The van der Waals surface area contributed by atoms with E-state index in [4.69, 9.17) is 0 Å². The molecule has 9 nitrogen and oxygen atoms in total. The topological polar surface area (TPSA) is 149 Å². The standard InChI is InChI=1S/2C10H11FN2O2S2.H2O/c2*1-6(2)16-10-12-8-4-3-7(11)5-9(8)17(14,15)13-10;/h2*3-6H,1-2H3,(H,12,13);1H2. The van der Waals surface area contributed by atoms with Crippen LogP contribution >= 0.6 is 23.5 Å². The molecule has 2 heterocycles. The van der Waals surface area contributed by atoms with E-state index in [-0.39, 0.29) is 25.8 Å². The molecule has 0 fully saturated rings. The molecule has 2 aromatic rings. The van der Waals surface area contributed by atoms with E-state index in [9.17, 15) is 25.6 Å². The third kappa shape index (κ3) is 7.39. The zero-order chi connectivity index (χ0) is 25.3. The van der Waals surface area contributed by atoms with Gasteiger partial charge in [-0.25, -0.2) is 8.78 Å². The number of nitrogens with zero attached hydrogens (tertiary/aromatic N) is 2. The first-order chi connectivity index (χ1) is 15.8. The second-order valence-electron chi connectivity index (χ2n) is 7.61. The van der Waals surface area contributed by atoms with Crippen molar-refractivity contribution >= 4 is 65.3 Å². The van der Waals surface area contributed by atoms with Crippen molar-refractivity contribution in [2.45, 2.75) is 48.0 Å². The van der Waals surface area contributed by atoms with Crippen molar-refractivity contribution in [3.8, 4) is 0 Å². The van der Waals surface area contributed by atoms with Gasteiger partial charge in [-0.1, -0.05) is 51.2 Å². The summed E-state index contributed by atoms with van der Waals surface area (Å²) in [6, 6.07) is 7.17. The zero-order valence-electron chi connectivity index (χ0n) is 19.0. The van der Waals surface area contributed by atoms with Crippen molar-refractivity contribution in [2.75, 3.05) is 10.6 Å². The average molecular weight is 567 g/mol. The number of rotatable bonds is 2. The van der Waals surface area contributed by atoms with E-state index in [1.807, 2.05) is 27.7 Å². The highest BCUT2D eigenvalue weighted by molar-refractivity contribution is 8.15. The van der Waals surface area contributed by atoms with Crippen molar-refractivity contribution in [3.05, 3.63) is 48.0 Å². The van der Waals surface area contributed by atoms with Gasteiger partial charge in [0.05, 0.1) is 11.4 Å². The van der Waals surface area contributed by atoms with Gasteiger partial charge in [-0.3, -0.25) is 0 Å². The van der Waals surface area contributed by atoms with Gasteiger partial charge >= 0.3 is 0 Å². The fraction of sp³-hybridized carbons (Fsp3) is 0.300. The Labute approximate surface area is 211 Å². The summed E-state index contributed by atoms with van der Waals surface area (Å²) in [7, 11) is -7.59. The summed E-state index contributed by atoms with van der Waals surface area (Å²) in [4.78, 5) is -0.240. The predicted octanol–water partition coefficient (Wildman–Crippen LogP) is 4.05. The number of thioether (sulfide) groups is 2. The average Bonchev–Trinajstić information content (AvgIpc) is 2.68. The van der Waals surface area contributed by atoms with Gasteiger partial charge in [0.15, 0.2) is 10.3 Å². The lowest BCUT2D eigenvalue weighted by atomic mass is 10.3. The van der Waals surface area contributed by atoms with Gasteiger partial charge in [0.2, 0.25) is 0 Å². The summed E-state index contributed by atoms with van der Waals surface area (Å²) < 4.78 is 80.5. The molecule has 0 aromatic heterocycles.